The summed E-state index contributed by atoms with van der Waals surface area (Å²) in [6.45, 7) is 18.2. The standard InChI is InChI=1S/C46H75NO14/c1-13-16-34-28(7)37(58-38-22-33(48)43(31(10)57-38)60-45(47)53)23-46(54,61-34)30(9)41(51)29(8)42-35(55-11)18-15-17-24(3)19-26(5)39(49)32(14-2)40(50)27(6)20-25(4)21-36(56-12)44(52)59-42/h13,15-18,20-21,26-35,37-43,48-51,54H,14,19,22-23H2,1-12H3,(H2,47,53)/b16-13+,18-15+,24-17+,25-20+,36-21-/t26-,27-,28-,29+,30+,31-,32+,33-,34-,35+,37-,38+,39+,40-,41-,42-,43-,46-/m1/s1/i2+1,13+1,17+1,40+1,46+1. The van der Waals surface area contributed by atoms with Crippen molar-refractivity contribution in [2.45, 2.75) is 168 Å². The zero-order chi connectivity index (χ0) is 45.9. The largest absolute Gasteiger partial charge is 0.490 e. The number of carbonyl (C=O) groups excluding carboxylic acids is 2. The maximum Gasteiger partial charge on any atom is 0.404 e. The molecular formula is C46H75NO14. The van der Waals surface area contributed by atoms with Gasteiger partial charge in [0.1, 0.15) is 12.2 Å². The van der Waals surface area contributed by atoms with Crippen LogP contribution in [-0.4, -0.2) is 125 Å². The van der Waals surface area contributed by atoms with Crippen molar-refractivity contribution in [2.75, 3.05) is 14.2 Å². The first-order valence-corrected chi connectivity index (χ1v) is 21.7. The summed E-state index contributed by atoms with van der Waals surface area (Å²) in [4.78, 5) is 25.4. The van der Waals surface area contributed by atoms with Crippen LogP contribution < -0.4 is 5.73 Å². The van der Waals surface area contributed by atoms with Gasteiger partial charge in [-0.05, 0) is 52.5 Å². The zero-order valence-electron chi connectivity index (χ0n) is 38.2. The Morgan fingerprint density at radius 1 is 1.10 bits per heavy atom. The molecule has 18 atom stereocenters. The number of hydrogen-bond donors (Lipinski definition) is 6. The molecule has 0 saturated carbocycles. The molecule has 0 spiro atoms. The summed E-state index contributed by atoms with van der Waals surface area (Å²) in [5, 5.41) is 58.0. The first-order chi connectivity index (χ1) is 28.6. The lowest BCUT2D eigenvalue weighted by Crippen LogP contribution is -2.59. The zero-order valence-corrected chi connectivity index (χ0v) is 38.2. The minimum absolute atomic E-state index is 0.0313. The molecule has 7 N–H and O–H groups in total. The van der Waals surface area contributed by atoms with Crippen LogP contribution in [0, 0.1) is 35.5 Å². The van der Waals surface area contributed by atoms with Crippen LogP contribution >= 0.6 is 0 Å². The number of ether oxygens (including phenoxy) is 7. The minimum Gasteiger partial charge on any atom is -0.490 e. The Bertz CT molecular complexity index is 1570. The highest BCUT2D eigenvalue weighted by Crippen LogP contribution is 2.42. The molecule has 2 saturated heterocycles. The van der Waals surface area contributed by atoms with Gasteiger partial charge in [-0.25, -0.2) is 9.59 Å². The van der Waals surface area contributed by atoms with Crippen molar-refractivity contribution in [3.63, 3.8) is 0 Å². The SMILES string of the molecule is C/[13CH]=C/[C@H]1O[13C@@](O)([C@@H](C)[C@H](O)[C@H](C)[C@H]2OC(=O)/C(OC)=C/C(C)=C/[C@@H](C)[13C@@H](O)[C@@H](C[13CH3])[C@@H](O)[C@H](C)C/C(C)=[13CH]/C=C/[C@@H]2OC)C[C@@H](O[C@H]2C[C@@H](O)[C@H](OC(N)=O)[C@@H](C)O2)[C@@H]1C. The van der Waals surface area contributed by atoms with Gasteiger partial charge >= 0.3 is 12.1 Å². The third-order valence-corrected chi connectivity index (χ3v) is 12.8. The highest BCUT2D eigenvalue weighted by molar-refractivity contribution is 5.87. The van der Waals surface area contributed by atoms with Crippen molar-refractivity contribution >= 4 is 12.1 Å². The van der Waals surface area contributed by atoms with Gasteiger partial charge in [-0.3, -0.25) is 0 Å². The number of carbonyl (C=O) groups is 2. The quantitative estimate of drug-likeness (QED) is 0.0915. The third kappa shape index (κ3) is 13.7. The second-order valence-corrected chi connectivity index (χ2v) is 17.5. The van der Waals surface area contributed by atoms with Crippen LogP contribution in [-0.2, 0) is 38.0 Å². The van der Waals surface area contributed by atoms with Crippen LogP contribution in [0.15, 0.2) is 59.4 Å². The van der Waals surface area contributed by atoms with E-state index in [2.05, 4.69) is 0 Å². The van der Waals surface area contributed by atoms with Gasteiger partial charge in [-0.1, -0.05) is 89.1 Å². The number of aliphatic hydroxyl groups excluding tert-OH is 4. The summed E-state index contributed by atoms with van der Waals surface area (Å²) in [5.41, 5.74) is 6.78. The van der Waals surface area contributed by atoms with Crippen molar-refractivity contribution in [3.8, 4) is 0 Å². The molecule has 2 fully saturated rings. The van der Waals surface area contributed by atoms with E-state index in [-0.39, 0.29) is 42.3 Å². The molecule has 3 aliphatic heterocycles. The molecule has 348 valence electrons. The van der Waals surface area contributed by atoms with Gasteiger partial charge in [0, 0.05) is 49.5 Å². The maximum absolute atomic E-state index is 13.9. The molecule has 0 radical (unpaired) electrons. The number of rotatable bonds is 11. The molecule has 61 heavy (non-hydrogen) atoms. The molecular weight excluding hydrogens is 795 g/mol. The smallest absolute Gasteiger partial charge is 0.404 e. The number of methoxy groups -OCH3 is 2. The summed E-state index contributed by atoms with van der Waals surface area (Å²) in [7, 11) is 2.81. The van der Waals surface area contributed by atoms with Crippen LogP contribution in [0.25, 0.3) is 0 Å². The van der Waals surface area contributed by atoms with E-state index < -0.39 is 97.0 Å². The van der Waals surface area contributed by atoms with E-state index in [4.69, 9.17) is 38.9 Å². The number of aliphatic hydroxyl groups is 5. The molecule has 3 aliphatic rings. The number of nitrogens with two attached hydrogens (primary N) is 1. The number of amides is 1. The van der Waals surface area contributed by atoms with E-state index in [0.717, 1.165) is 5.57 Å². The van der Waals surface area contributed by atoms with E-state index in [1.54, 1.807) is 52.0 Å². The molecule has 15 nitrogen and oxygen atoms in total. The predicted octanol–water partition coefficient (Wildman–Crippen LogP) is 4.98. The average molecular weight is 871 g/mol. The lowest BCUT2D eigenvalue weighted by molar-refractivity contribution is -0.338. The van der Waals surface area contributed by atoms with Crippen LogP contribution in [0.3, 0.4) is 0 Å². The summed E-state index contributed by atoms with van der Waals surface area (Å²) in [6, 6.07) is 0. The first kappa shape index (κ1) is 52.2. The number of allylic oxidation sites excluding steroid dienone is 6. The van der Waals surface area contributed by atoms with Crippen LogP contribution in [0.5, 0.6) is 0 Å². The van der Waals surface area contributed by atoms with Gasteiger partial charge < -0.3 is 64.4 Å². The van der Waals surface area contributed by atoms with Crippen molar-refractivity contribution in [3.05, 3.63) is 59.4 Å². The van der Waals surface area contributed by atoms with Gasteiger partial charge in [0.15, 0.2) is 18.2 Å². The van der Waals surface area contributed by atoms with Crippen LogP contribution in [0.1, 0.15) is 94.9 Å². The Labute approximate surface area is 362 Å². The lowest BCUT2D eigenvalue weighted by atomic mass is 9.85. The van der Waals surface area contributed by atoms with Gasteiger partial charge in [-0.15, -0.1) is 0 Å². The average Bonchev–Trinajstić information content (AvgIpc) is 3.19. The van der Waals surface area contributed by atoms with Crippen LogP contribution in [0.4, 0.5) is 4.79 Å². The highest BCUT2D eigenvalue weighted by Gasteiger charge is 2.52. The number of esters is 1. The Kier molecular flexibility index (Phi) is 20.1. The summed E-state index contributed by atoms with van der Waals surface area (Å²) < 4.78 is 41.4. The van der Waals surface area contributed by atoms with Crippen molar-refractivity contribution in [1.29, 1.82) is 0 Å². The molecule has 0 aromatic heterocycles. The van der Waals surface area contributed by atoms with E-state index in [9.17, 15) is 35.1 Å². The number of hydrogen-bond acceptors (Lipinski definition) is 14. The van der Waals surface area contributed by atoms with E-state index in [1.165, 1.54) is 20.3 Å². The van der Waals surface area contributed by atoms with Crippen molar-refractivity contribution in [1.82, 2.24) is 0 Å². The van der Waals surface area contributed by atoms with Crippen LogP contribution in [0.2, 0.25) is 0 Å². The predicted molar refractivity (Wildman–Crippen MR) is 228 cm³/mol. The Morgan fingerprint density at radius 3 is 2.34 bits per heavy atom. The van der Waals surface area contributed by atoms with Gasteiger partial charge in [0.05, 0.1) is 49.8 Å². The Hall–Kier alpha value is -3.12. The van der Waals surface area contributed by atoms with Gasteiger partial charge in [0.2, 0.25) is 5.76 Å². The maximum atomic E-state index is 13.9. The second-order valence-electron chi connectivity index (χ2n) is 17.5. The topological polar surface area (TPSA) is 226 Å². The molecule has 3 rings (SSSR count). The molecule has 15 heteroatoms. The van der Waals surface area contributed by atoms with Gasteiger partial charge in [-0.2, -0.15) is 0 Å². The van der Waals surface area contributed by atoms with Crippen molar-refractivity contribution < 1.29 is 68.3 Å². The fourth-order valence-electron chi connectivity index (χ4n) is 8.94. The summed E-state index contributed by atoms with van der Waals surface area (Å²) in [5.74, 6) is -6.00. The molecule has 1 amide bonds. The first-order valence-electron chi connectivity index (χ1n) is 21.7. The number of cyclic esters (lactones) is 1. The molecule has 0 aliphatic carbocycles. The minimum atomic E-state index is -1.97. The fraction of sp³-hybridized carbons (Fsp3) is 0.739. The summed E-state index contributed by atoms with van der Waals surface area (Å²) >= 11 is 0. The van der Waals surface area contributed by atoms with E-state index in [1.807, 2.05) is 53.7 Å². The lowest BCUT2D eigenvalue weighted by Gasteiger charge is -2.49. The monoisotopic (exact) mass is 871 g/mol. The Balaban J connectivity index is 2.00. The van der Waals surface area contributed by atoms with Gasteiger partial charge in [0.25, 0.3) is 0 Å². The Morgan fingerprint density at radius 2 is 1.77 bits per heavy atom. The van der Waals surface area contributed by atoms with E-state index >= 15 is 0 Å². The molecule has 3 heterocycles. The van der Waals surface area contributed by atoms with E-state index in [0.29, 0.717) is 18.4 Å². The molecule has 0 aromatic rings. The molecule has 0 aromatic carbocycles. The van der Waals surface area contributed by atoms with Crippen molar-refractivity contribution in [2.24, 2.45) is 41.2 Å². The highest BCUT2D eigenvalue weighted by atomic mass is 16.8. The fourth-order valence-corrected chi connectivity index (χ4v) is 8.94. The second kappa shape index (κ2) is 23.5. The number of primary amides is 1. The summed E-state index contributed by atoms with van der Waals surface area (Å²) in [6.07, 6.45) is 2.20. The third-order valence-electron chi connectivity index (χ3n) is 12.8. The molecule has 0 unspecified atom stereocenters. The molecule has 0 bridgehead atoms. The normalized spacial score (nSPS) is 42.2.